The van der Waals surface area contributed by atoms with Gasteiger partial charge in [0.25, 0.3) is 0 Å². The summed E-state index contributed by atoms with van der Waals surface area (Å²) in [4.78, 5) is 0. The molecule has 0 aromatic rings. The van der Waals surface area contributed by atoms with Gasteiger partial charge < -0.3 is 5.11 Å². The third-order valence-electron chi connectivity index (χ3n) is 3.60. The van der Waals surface area contributed by atoms with Crippen LogP contribution in [0, 0.1) is 11.8 Å². The summed E-state index contributed by atoms with van der Waals surface area (Å²) in [5.41, 5.74) is 1.42. The van der Waals surface area contributed by atoms with E-state index in [1.165, 1.54) is 24.8 Å². The van der Waals surface area contributed by atoms with Crippen LogP contribution < -0.4 is 0 Å². The first-order valence-electron chi connectivity index (χ1n) is 5.47. The van der Waals surface area contributed by atoms with Gasteiger partial charge in [-0.3, -0.25) is 0 Å². The molecule has 0 spiro atoms. The van der Waals surface area contributed by atoms with E-state index < -0.39 is 0 Å². The molecule has 0 aromatic carbocycles. The van der Waals surface area contributed by atoms with Crippen molar-refractivity contribution in [2.75, 3.05) is 0 Å². The van der Waals surface area contributed by atoms with Crippen LogP contribution in [0.1, 0.15) is 46.5 Å². The molecular weight excluding hydrogens is 160 g/mol. The quantitative estimate of drug-likeness (QED) is 0.650. The zero-order chi connectivity index (χ0) is 9.84. The lowest BCUT2D eigenvalue weighted by atomic mass is 9.76. The third kappa shape index (κ3) is 2.57. The fraction of sp³-hybridized carbons (Fsp3) is 0.833. The minimum atomic E-state index is -0.0568. The van der Waals surface area contributed by atoms with Crippen molar-refractivity contribution < 1.29 is 5.11 Å². The maximum absolute atomic E-state index is 9.86. The minimum Gasteiger partial charge on any atom is -0.393 e. The standard InChI is InChI=1S/C12H22O/c1-4-9(2)10(3)11-7-5-6-8-12(11)13/h4,10-13H,5-8H2,1-3H3/b9-4+. The zero-order valence-corrected chi connectivity index (χ0v) is 9.09. The van der Waals surface area contributed by atoms with Gasteiger partial charge in [0.1, 0.15) is 0 Å². The second-order valence-corrected chi connectivity index (χ2v) is 4.34. The Morgan fingerprint density at radius 2 is 2.00 bits per heavy atom. The summed E-state index contributed by atoms with van der Waals surface area (Å²) in [5.74, 6) is 1.06. The number of hydrogen-bond acceptors (Lipinski definition) is 1. The van der Waals surface area contributed by atoms with Gasteiger partial charge >= 0.3 is 0 Å². The minimum absolute atomic E-state index is 0.0568. The van der Waals surface area contributed by atoms with Gasteiger partial charge in [-0.1, -0.05) is 31.4 Å². The van der Waals surface area contributed by atoms with Crippen LogP contribution in [0.4, 0.5) is 0 Å². The Labute approximate surface area is 81.9 Å². The van der Waals surface area contributed by atoms with Gasteiger partial charge in [0.05, 0.1) is 6.10 Å². The second kappa shape index (κ2) is 4.80. The lowest BCUT2D eigenvalue weighted by Gasteiger charge is -2.33. The molecule has 0 heterocycles. The average Bonchev–Trinajstić information content (AvgIpc) is 2.16. The van der Waals surface area contributed by atoms with Crippen LogP contribution in [-0.4, -0.2) is 11.2 Å². The van der Waals surface area contributed by atoms with Crippen molar-refractivity contribution in [2.45, 2.75) is 52.6 Å². The van der Waals surface area contributed by atoms with Crippen LogP contribution in [0.5, 0.6) is 0 Å². The van der Waals surface area contributed by atoms with Crippen molar-refractivity contribution in [3.63, 3.8) is 0 Å². The molecule has 1 heteroatoms. The Hall–Kier alpha value is -0.300. The maximum Gasteiger partial charge on any atom is 0.0574 e. The number of aliphatic hydroxyl groups excluding tert-OH is 1. The third-order valence-corrected chi connectivity index (χ3v) is 3.60. The fourth-order valence-corrected chi connectivity index (χ4v) is 2.32. The maximum atomic E-state index is 9.86. The molecule has 1 aliphatic rings. The van der Waals surface area contributed by atoms with E-state index in [0.717, 1.165) is 6.42 Å². The van der Waals surface area contributed by atoms with Gasteiger partial charge in [0.15, 0.2) is 0 Å². The monoisotopic (exact) mass is 182 g/mol. The topological polar surface area (TPSA) is 20.2 Å². The van der Waals surface area contributed by atoms with Crippen LogP contribution in [-0.2, 0) is 0 Å². The molecule has 3 unspecified atom stereocenters. The highest BCUT2D eigenvalue weighted by Crippen LogP contribution is 2.33. The molecule has 1 aliphatic carbocycles. The van der Waals surface area contributed by atoms with Gasteiger partial charge in [0.2, 0.25) is 0 Å². The van der Waals surface area contributed by atoms with E-state index in [-0.39, 0.29) is 6.10 Å². The summed E-state index contributed by atoms with van der Waals surface area (Å²) in [6.07, 6.45) is 6.83. The van der Waals surface area contributed by atoms with E-state index in [4.69, 9.17) is 0 Å². The van der Waals surface area contributed by atoms with Gasteiger partial charge in [-0.2, -0.15) is 0 Å². The Kier molecular flexibility index (Phi) is 3.98. The molecule has 1 rings (SSSR count). The largest absolute Gasteiger partial charge is 0.393 e. The molecule has 0 aromatic heterocycles. The Morgan fingerprint density at radius 3 is 2.54 bits per heavy atom. The van der Waals surface area contributed by atoms with Crippen molar-refractivity contribution in [1.29, 1.82) is 0 Å². The molecule has 13 heavy (non-hydrogen) atoms. The molecule has 0 saturated heterocycles. The highest BCUT2D eigenvalue weighted by Gasteiger charge is 2.28. The first kappa shape index (κ1) is 10.8. The summed E-state index contributed by atoms with van der Waals surface area (Å²) >= 11 is 0. The number of allylic oxidation sites excluding steroid dienone is 2. The van der Waals surface area contributed by atoms with Crippen molar-refractivity contribution in [1.82, 2.24) is 0 Å². The summed E-state index contributed by atoms with van der Waals surface area (Å²) in [6.45, 7) is 6.50. The van der Waals surface area contributed by atoms with Crippen molar-refractivity contribution in [2.24, 2.45) is 11.8 Å². The molecule has 0 aliphatic heterocycles. The van der Waals surface area contributed by atoms with Crippen molar-refractivity contribution in [3.05, 3.63) is 11.6 Å². The fourth-order valence-electron chi connectivity index (χ4n) is 2.32. The second-order valence-electron chi connectivity index (χ2n) is 4.34. The lowest BCUT2D eigenvalue weighted by molar-refractivity contribution is 0.0493. The van der Waals surface area contributed by atoms with Crippen molar-refractivity contribution >= 4 is 0 Å². The molecule has 0 amide bonds. The van der Waals surface area contributed by atoms with E-state index in [1.54, 1.807) is 0 Å². The normalized spacial score (nSPS) is 33.1. The molecule has 3 atom stereocenters. The summed E-state index contributed by atoms with van der Waals surface area (Å²) in [7, 11) is 0. The number of hydrogen-bond donors (Lipinski definition) is 1. The van der Waals surface area contributed by atoms with Crippen LogP contribution in [0.25, 0.3) is 0 Å². The summed E-state index contributed by atoms with van der Waals surface area (Å²) in [6, 6.07) is 0. The molecule has 1 saturated carbocycles. The first-order valence-corrected chi connectivity index (χ1v) is 5.47. The first-order chi connectivity index (χ1) is 6.16. The van der Waals surface area contributed by atoms with Crippen LogP contribution in [0.3, 0.4) is 0 Å². The van der Waals surface area contributed by atoms with Gasteiger partial charge in [-0.05, 0) is 38.5 Å². The molecule has 1 N–H and O–H groups in total. The summed E-state index contributed by atoms with van der Waals surface area (Å²) < 4.78 is 0. The van der Waals surface area contributed by atoms with Crippen LogP contribution in [0.2, 0.25) is 0 Å². The lowest BCUT2D eigenvalue weighted by Crippen LogP contribution is -2.30. The summed E-state index contributed by atoms with van der Waals surface area (Å²) in [5, 5.41) is 9.86. The van der Waals surface area contributed by atoms with Gasteiger partial charge in [0, 0.05) is 0 Å². The smallest absolute Gasteiger partial charge is 0.0574 e. The SMILES string of the molecule is C/C=C(\C)C(C)C1CCCCC1O. The molecule has 1 fully saturated rings. The van der Waals surface area contributed by atoms with Crippen molar-refractivity contribution in [3.8, 4) is 0 Å². The van der Waals surface area contributed by atoms with Gasteiger partial charge in [-0.15, -0.1) is 0 Å². The van der Waals surface area contributed by atoms with E-state index in [9.17, 15) is 5.11 Å². The molecular formula is C12H22O. The number of aliphatic hydroxyl groups is 1. The Bertz CT molecular complexity index is 184. The van der Waals surface area contributed by atoms with Gasteiger partial charge in [-0.25, -0.2) is 0 Å². The van der Waals surface area contributed by atoms with E-state index in [1.807, 2.05) is 0 Å². The molecule has 0 bridgehead atoms. The Morgan fingerprint density at radius 1 is 1.38 bits per heavy atom. The Balaban J connectivity index is 2.58. The number of rotatable bonds is 2. The predicted molar refractivity (Wildman–Crippen MR) is 56.6 cm³/mol. The average molecular weight is 182 g/mol. The molecule has 76 valence electrons. The highest BCUT2D eigenvalue weighted by atomic mass is 16.3. The van der Waals surface area contributed by atoms with Crippen LogP contribution in [0.15, 0.2) is 11.6 Å². The zero-order valence-electron chi connectivity index (χ0n) is 9.09. The van der Waals surface area contributed by atoms with E-state index in [2.05, 4.69) is 26.8 Å². The highest BCUT2D eigenvalue weighted by molar-refractivity contribution is 5.03. The molecule has 1 nitrogen and oxygen atoms in total. The van der Waals surface area contributed by atoms with E-state index in [0.29, 0.717) is 11.8 Å². The molecule has 0 radical (unpaired) electrons. The predicted octanol–water partition coefficient (Wildman–Crippen LogP) is 3.14. The van der Waals surface area contributed by atoms with Crippen LogP contribution >= 0.6 is 0 Å². The van der Waals surface area contributed by atoms with E-state index >= 15 is 0 Å².